The Morgan fingerprint density at radius 1 is 1.20 bits per heavy atom. The van der Waals surface area contributed by atoms with Crippen LogP contribution in [0.25, 0.3) is 10.8 Å². The van der Waals surface area contributed by atoms with Gasteiger partial charge >= 0.3 is 6.03 Å². The molecule has 0 radical (unpaired) electrons. The fourth-order valence-corrected chi connectivity index (χ4v) is 2.17. The second-order valence-electron chi connectivity index (χ2n) is 4.90. The van der Waals surface area contributed by atoms with Crippen LogP contribution < -0.4 is 16.0 Å². The van der Waals surface area contributed by atoms with Crippen molar-refractivity contribution < 1.29 is 9.59 Å². The third-order valence-corrected chi connectivity index (χ3v) is 3.25. The molecule has 0 aliphatic carbocycles. The zero-order chi connectivity index (χ0) is 16.9. The molecule has 25 heavy (non-hydrogen) atoms. The molecular weight excluding hydrogens is 346 g/mol. The van der Waals surface area contributed by atoms with Gasteiger partial charge in [0.2, 0.25) is 0 Å². The number of nitrogens with zero attached hydrogens (tertiary/aromatic N) is 3. The number of fused-ring (bicyclic) bond motifs is 1. The van der Waals surface area contributed by atoms with Gasteiger partial charge in [-0.05, 0) is 24.4 Å². The maximum Gasteiger partial charge on any atom is 0.320 e. The predicted molar refractivity (Wildman–Crippen MR) is 96.0 cm³/mol. The summed E-state index contributed by atoms with van der Waals surface area (Å²) in [6.45, 7) is 2.36. The Hall–Kier alpha value is -3.20. The lowest BCUT2D eigenvalue weighted by Gasteiger charge is -2.09. The van der Waals surface area contributed by atoms with Crippen molar-refractivity contribution in [1.82, 2.24) is 25.7 Å². The van der Waals surface area contributed by atoms with Crippen molar-refractivity contribution in [2.45, 2.75) is 6.92 Å². The number of carbonyl (C=O) groups excluding carboxylic acids is 2. The summed E-state index contributed by atoms with van der Waals surface area (Å²) in [4.78, 5) is 27.9. The van der Waals surface area contributed by atoms with Crippen LogP contribution in [0.2, 0.25) is 0 Å². The van der Waals surface area contributed by atoms with E-state index in [1.165, 1.54) is 6.20 Å². The Balaban J connectivity index is 0.00000225. The molecule has 0 saturated heterocycles. The Morgan fingerprint density at radius 3 is 2.76 bits per heavy atom. The van der Waals surface area contributed by atoms with E-state index >= 15 is 0 Å². The van der Waals surface area contributed by atoms with E-state index in [1.54, 1.807) is 24.4 Å². The second-order valence-corrected chi connectivity index (χ2v) is 4.90. The third kappa shape index (κ3) is 4.21. The molecule has 0 atom stereocenters. The number of H-pyrrole nitrogens is 1. The van der Waals surface area contributed by atoms with Crippen molar-refractivity contribution in [3.05, 3.63) is 42.4 Å². The Kier molecular flexibility index (Phi) is 5.85. The lowest BCUT2D eigenvalue weighted by Crippen LogP contribution is -2.28. The van der Waals surface area contributed by atoms with E-state index in [4.69, 9.17) is 0 Å². The van der Waals surface area contributed by atoms with E-state index in [0.29, 0.717) is 18.1 Å². The highest BCUT2D eigenvalue weighted by molar-refractivity contribution is 6.08. The van der Waals surface area contributed by atoms with Crippen molar-refractivity contribution in [2.24, 2.45) is 0 Å². The monoisotopic (exact) mass is 361 g/mol. The van der Waals surface area contributed by atoms with Crippen LogP contribution in [0.4, 0.5) is 16.3 Å². The van der Waals surface area contributed by atoms with Crippen LogP contribution in [0, 0.1) is 0 Å². The molecule has 10 heteroatoms. The molecule has 9 nitrogen and oxygen atoms in total. The van der Waals surface area contributed by atoms with Crippen molar-refractivity contribution in [3.63, 3.8) is 0 Å². The molecule has 0 spiro atoms. The number of hydrogen-bond donors (Lipinski definition) is 4. The Bertz CT molecular complexity index is 883. The summed E-state index contributed by atoms with van der Waals surface area (Å²) in [5.41, 5.74) is 0.860. The molecule has 0 bridgehead atoms. The van der Waals surface area contributed by atoms with Crippen LogP contribution in [0.3, 0.4) is 0 Å². The minimum atomic E-state index is -0.350. The van der Waals surface area contributed by atoms with Crippen molar-refractivity contribution in [1.29, 1.82) is 0 Å². The number of anilines is 2. The lowest BCUT2D eigenvalue weighted by atomic mass is 10.1. The number of amides is 3. The average molecular weight is 362 g/mol. The van der Waals surface area contributed by atoms with E-state index in [2.05, 4.69) is 36.3 Å². The molecular formula is C15H16ClN7O2. The number of benzene rings is 1. The summed E-state index contributed by atoms with van der Waals surface area (Å²) < 4.78 is 0. The van der Waals surface area contributed by atoms with Crippen LogP contribution in [-0.4, -0.2) is 38.9 Å². The normalized spacial score (nSPS) is 9.96. The summed E-state index contributed by atoms with van der Waals surface area (Å²) in [5, 5.41) is 19.2. The zero-order valence-corrected chi connectivity index (χ0v) is 14.1. The number of carbonyl (C=O) groups is 2. The fraction of sp³-hybridized carbons (Fsp3) is 0.133. The molecule has 0 fully saturated rings. The van der Waals surface area contributed by atoms with Crippen molar-refractivity contribution in [2.75, 3.05) is 17.2 Å². The van der Waals surface area contributed by atoms with Crippen LogP contribution in [0.15, 0.2) is 36.7 Å². The van der Waals surface area contributed by atoms with Gasteiger partial charge < -0.3 is 10.6 Å². The molecule has 3 rings (SSSR count). The largest absolute Gasteiger partial charge is 0.338 e. The molecule has 0 aliphatic heterocycles. The molecule has 2 heterocycles. The van der Waals surface area contributed by atoms with E-state index in [-0.39, 0.29) is 30.0 Å². The van der Waals surface area contributed by atoms with Crippen LogP contribution in [0.5, 0.6) is 0 Å². The summed E-state index contributed by atoms with van der Waals surface area (Å²) in [7, 11) is 0. The Labute approximate surface area is 149 Å². The molecule has 0 saturated carbocycles. The van der Waals surface area contributed by atoms with Gasteiger partial charge in [0, 0.05) is 18.1 Å². The van der Waals surface area contributed by atoms with E-state index < -0.39 is 0 Å². The number of halogens is 1. The highest BCUT2D eigenvalue weighted by Gasteiger charge is 2.11. The van der Waals surface area contributed by atoms with Crippen LogP contribution in [0.1, 0.15) is 17.4 Å². The average Bonchev–Trinajstić information content (AvgIpc) is 3.09. The fourth-order valence-electron chi connectivity index (χ4n) is 2.17. The summed E-state index contributed by atoms with van der Waals surface area (Å²) in [6.07, 6.45) is 2.94. The highest BCUT2D eigenvalue weighted by Crippen LogP contribution is 2.24. The van der Waals surface area contributed by atoms with Crippen molar-refractivity contribution in [3.8, 4) is 0 Å². The first kappa shape index (κ1) is 18.1. The number of aromatic amines is 1. The minimum absolute atomic E-state index is 0. The molecule has 2 aromatic heterocycles. The summed E-state index contributed by atoms with van der Waals surface area (Å²) >= 11 is 0. The summed E-state index contributed by atoms with van der Waals surface area (Å²) in [5.74, 6) is 0.0757. The maximum atomic E-state index is 12.1. The number of aromatic nitrogens is 4. The van der Waals surface area contributed by atoms with E-state index in [0.717, 1.165) is 10.8 Å². The topological polar surface area (TPSA) is 125 Å². The first-order chi connectivity index (χ1) is 11.7. The number of nitrogens with one attached hydrogen (secondary N) is 4. The lowest BCUT2D eigenvalue weighted by molar-refractivity contribution is 0.102. The molecule has 0 unspecified atom stereocenters. The number of hydrogen-bond acceptors (Lipinski definition) is 5. The van der Waals surface area contributed by atoms with Gasteiger partial charge in [0.05, 0.1) is 11.9 Å². The van der Waals surface area contributed by atoms with Crippen LogP contribution in [-0.2, 0) is 0 Å². The van der Waals surface area contributed by atoms with Crippen molar-refractivity contribution >= 4 is 46.6 Å². The minimum Gasteiger partial charge on any atom is -0.338 e. The quantitative estimate of drug-likeness (QED) is 0.566. The van der Waals surface area contributed by atoms with Crippen LogP contribution >= 0.6 is 12.4 Å². The number of urea groups is 1. The van der Waals surface area contributed by atoms with Gasteiger partial charge in [-0.2, -0.15) is 0 Å². The van der Waals surface area contributed by atoms with Gasteiger partial charge in [0.15, 0.2) is 0 Å². The maximum absolute atomic E-state index is 12.1. The molecule has 130 valence electrons. The SMILES string of the molecule is CCNC(=O)Nc1cc2cccc(NC(=O)c3cnn[nH]3)c2cn1.Cl. The zero-order valence-electron chi connectivity index (χ0n) is 13.2. The second kappa shape index (κ2) is 8.06. The van der Waals surface area contributed by atoms with Gasteiger partial charge in [0.1, 0.15) is 11.5 Å². The summed E-state index contributed by atoms with van der Waals surface area (Å²) in [6, 6.07) is 6.85. The van der Waals surface area contributed by atoms with E-state index in [1.807, 2.05) is 13.0 Å². The predicted octanol–water partition coefficient (Wildman–Crippen LogP) is 2.17. The van der Waals surface area contributed by atoms with Gasteiger partial charge in [-0.15, -0.1) is 17.5 Å². The van der Waals surface area contributed by atoms with Gasteiger partial charge in [-0.1, -0.05) is 17.3 Å². The molecule has 3 aromatic rings. The van der Waals surface area contributed by atoms with Gasteiger partial charge in [0.25, 0.3) is 5.91 Å². The third-order valence-electron chi connectivity index (χ3n) is 3.25. The smallest absolute Gasteiger partial charge is 0.320 e. The molecule has 4 N–H and O–H groups in total. The van der Waals surface area contributed by atoms with E-state index in [9.17, 15) is 9.59 Å². The highest BCUT2D eigenvalue weighted by atomic mass is 35.5. The first-order valence-electron chi connectivity index (χ1n) is 7.28. The van der Waals surface area contributed by atoms with Gasteiger partial charge in [-0.3, -0.25) is 15.2 Å². The number of rotatable bonds is 4. The van der Waals surface area contributed by atoms with Gasteiger partial charge in [-0.25, -0.2) is 9.78 Å². The molecule has 1 aromatic carbocycles. The first-order valence-corrected chi connectivity index (χ1v) is 7.28. The molecule has 3 amide bonds. The standard InChI is InChI=1S/C15H15N7O2.ClH/c1-2-16-15(24)20-13-6-9-4-3-5-11(10(9)7-17-13)19-14(23)12-8-18-22-21-12;/h3-8H,2H2,1H3,(H,19,23)(H,18,21,22)(H2,16,17,20,24);1H. The Morgan fingerprint density at radius 2 is 2.04 bits per heavy atom. The molecule has 0 aliphatic rings. The number of pyridine rings is 1.